The molecule has 4 heteroatoms. The van der Waals surface area contributed by atoms with Crippen LogP contribution in [0.25, 0.3) is 0 Å². The van der Waals surface area contributed by atoms with Crippen molar-refractivity contribution in [3.05, 3.63) is 65.0 Å². The largest absolute Gasteiger partial charge is 0.508 e. The van der Waals surface area contributed by atoms with Crippen LogP contribution in [0.5, 0.6) is 5.75 Å². The van der Waals surface area contributed by atoms with E-state index in [1.807, 2.05) is 18.2 Å². The van der Waals surface area contributed by atoms with Crippen molar-refractivity contribution in [1.29, 1.82) is 5.26 Å². The van der Waals surface area contributed by atoms with E-state index in [-0.39, 0.29) is 5.75 Å². The van der Waals surface area contributed by atoms with E-state index >= 15 is 0 Å². The van der Waals surface area contributed by atoms with E-state index in [9.17, 15) is 4.39 Å². The number of halogens is 1. The predicted octanol–water partition coefficient (Wildman–Crippen LogP) is 2.69. The first-order chi connectivity index (χ1) is 9.17. The van der Waals surface area contributed by atoms with E-state index in [4.69, 9.17) is 10.4 Å². The quantitative estimate of drug-likeness (QED) is 0.884. The molecular formula is C15H13FN2O. The number of rotatable bonds is 4. The fraction of sp³-hybridized carbons (Fsp3) is 0.133. The van der Waals surface area contributed by atoms with Crippen LogP contribution in [0.1, 0.15) is 16.7 Å². The number of nitrogens with zero attached hydrogens (tertiary/aromatic N) is 1. The number of aromatic hydroxyl groups is 1. The van der Waals surface area contributed by atoms with Crippen molar-refractivity contribution in [2.45, 2.75) is 13.1 Å². The third-order valence-corrected chi connectivity index (χ3v) is 2.68. The SMILES string of the molecule is N#Cc1cc(F)cc(CNCc2ccc(O)cc2)c1. The Balaban J connectivity index is 1.94. The van der Waals surface area contributed by atoms with E-state index in [2.05, 4.69) is 5.32 Å². The third-order valence-electron chi connectivity index (χ3n) is 2.68. The van der Waals surface area contributed by atoms with Crippen LogP contribution in [0.3, 0.4) is 0 Å². The van der Waals surface area contributed by atoms with E-state index in [1.165, 1.54) is 12.1 Å². The summed E-state index contributed by atoms with van der Waals surface area (Å²) in [5.41, 5.74) is 2.08. The molecule has 0 aliphatic carbocycles. The summed E-state index contributed by atoms with van der Waals surface area (Å²) in [5, 5.41) is 21.1. The normalized spacial score (nSPS) is 10.1. The molecule has 0 fully saturated rings. The van der Waals surface area contributed by atoms with Crippen LogP contribution in [0.15, 0.2) is 42.5 Å². The second kappa shape index (κ2) is 5.98. The van der Waals surface area contributed by atoms with E-state index in [1.54, 1.807) is 18.2 Å². The van der Waals surface area contributed by atoms with Gasteiger partial charge in [0.15, 0.2) is 0 Å². The lowest BCUT2D eigenvalue weighted by Crippen LogP contribution is -2.12. The maximum atomic E-state index is 13.2. The molecule has 0 saturated carbocycles. The van der Waals surface area contributed by atoms with Crippen molar-refractivity contribution < 1.29 is 9.50 Å². The lowest BCUT2D eigenvalue weighted by Gasteiger charge is -2.06. The molecule has 0 bridgehead atoms. The Morgan fingerprint density at radius 2 is 1.74 bits per heavy atom. The first kappa shape index (κ1) is 13.1. The number of hydrogen-bond donors (Lipinski definition) is 2. The molecule has 3 nitrogen and oxygen atoms in total. The molecule has 2 N–H and O–H groups in total. The minimum atomic E-state index is -0.402. The van der Waals surface area contributed by atoms with E-state index in [0.717, 1.165) is 11.1 Å². The molecule has 0 amide bonds. The van der Waals surface area contributed by atoms with Gasteiger partial charge < -0.3 is 10.4 Å². The van der Waals surface area contributed by atoms with Gasteiger partial charge in [-0.25, -0.2) is 4.39 Å². The molecule has 96 valence electrons. The fourth-order valence-electron chi connectivity index (χ4n) is 1.78. The van der Waals surface area contributed by atoms with E-state index < -0.39 is 5.82 Å². The molecule has 0 heterocycles. The van der Waals surface area contributed by atoms with Gasteiger partial charge in [-0.15, -0.1) is 0 Å². The Bertz CT molecular complexity index is 603. The lowest BCUT2D eigenvalue weighted by molar-refractivity contribution is 0.475. The summed E-state index contributed by atoms with van der Waals surface area (Å²) in [4.78, 5) is 0. The summed E-state index contributed by atoms with van der Waals surface area (Å²) < 4.78 is 13.2. The highest BCUT2D eigenvalue weighted by molar-refractivity contribution is 5.33. The van der Waals surface area contributed by atoms with Gasteiger partial charge in [0.05, 0.1) is 11.6 Å². The lowest BCUT2D eigenvalue weighted by atomic mass is 10.1. The smallest absolute Gasteiger partial charge is 0.124 e. The Morgan fingerprint density at radius 3 is 2.42 bits per heavy atom. The average Bonchev–Trinajstić information content (AvgIpc) is 2.40. The van der Waals surface area contributed by atoms with Gasteiger partial charge in [0, 0.05) is 13.1 Å². The van der Waals surface area contributed by atoms with E-state index in [0.29, 0.717) is 18.7 Å². The van der Waals surface area contributed by atoms with Gasteiger partial charge in [0.1, 0.15) is 11.6 Å². The standard InChI is InChI=1S/C15H13FN2O/c16-14-6-12(8-17)5-13(7-14)10-18-9-11-1-3-15(19)4-2-11/h1-7,18-19H,9-10H2. The molecule has 0 saturated heterocycles. The number of phenolic OH excluding ortho intramolecular Hbond substituents is 1. The third kappa shape index (κ3) is 3.80. The molecule has 0 radical (unpaired) electrons. The van der Waals surface area contributed by atoms with Crippen molar-refractivity contribution >= 4 is 0 Å². The van der Waals surface area contributed by atoms with Gasteiger partial charge in [-0.1, -0.05) is 12.1 Å². The number of benzene rings is 2. The second-order valence-corrected chi connectivity index (χ2v) is 4.23. The zero-order chi connectivity index (χ0) is 13.7. The van der Waals surface area contributed by atoms with Gasteiger partial charge in [-0.2, -0.15) is 5.26 Å². The fourth-order valence-corrected chi connectivity index (χ4v) is 1.78. The summed E-state index contributed by atoms with van der Waals surface area (Å²) >= 11 is 0. The number of phenols is 1. The molecule has 0 aromatic heterocycles. The zero-order valence-electron chi connectivity index (χ0n) is 10.2. The summed E-state index contributed by atoms with van der Waals surface area (Å²) in [6.45, 7) is 1.09. The van der Waals surface area contributed by atoms with Crippen LogP contribution in [-0.4, -0.2) is 5.11 Å². The van der Waals surface area contributed by atoms with Crippen LogP contribution in [0.4, 0.5) is 4.39 Å². The zero-order valence-corrected chi connectivity index (χ0v) is 10.2. The minimum absolute atomic E-state index is 0.229. The minimum Gasteiger partial charge on any atom is -0.508 e. The van der Waals surface area contributed by atoms with Crippen LogP contribution >= 0.6 is 0 Å². The van der Waals surface area contributed by atoms with Gasteiger partial charge in [-0.05, 0) is 41.5 Å². The number of nitriles is 1. The van der Waals surface area contributed by atoms with Crippen molar-refractivity contribution in [3.63, 3.8) is 0 Å². The van der Waals surface area contributed by atoms with Gasteiger partial charge >= 0.3 is 0 Å². The molecule has 0 atom stereocenters. The maximum Gasteiger partial charge on any atom is 0.124 e. The van der Waals surface area contributed by atoms with Crippen LogP contribution in [0, 0.1) is 17.1 Å². The topological polar surface area (TPSA) is 56.0 Å². The Morgan fingerprint density at radius 1 is 1.05 bits per heavy atom. The van der Waals surface area contributed by atoms with Crippen molar-refractivity contribution in [1.82, 2.24) is 5.32 Å². The number of hydrogen-bond acceptors (Lipinski definition) is 3. The average molecular weight is 256 g/mol. The van der Waals surface area contributed by atoms with Crippen molar-refractivity contribution in [2.75, 3.05) is 0 Å². The van der Waals surface area contributed by atoms with Crippen LogP contribution < -0.4 is 5.32 Å². The van der Waals surface area contributed by atoms with Gasteiger partial charge in [-0.3, -0.25) is 0 Å². The molecule has 0 aliphatic rings. The molecule has 19 heavy (non-hydrogen) atoms. The molecule has 0 aliphatic heterocycles. The van der Waals surface area contributed by atoms with Crippen LogP contribution in [0.2, 0.25) is 0 Å². The Kier molecular flexibility index (Phi) is 4.11. The highest BCUT2D eigenvalue weighted by Crippen LogP contribution is 2.11. The van der Waals surface area contributed by atoms with Crippen molar-refractivity contribution in [3.8, 4) is 11.8 Å². The molecular weight excluding hydrogens is 243 g/mol. The summed E-state index contributed by atoms with van der Waals surface area (Å²) in [6, 6.07) is 13.1. The second-order valence-electron chi connectivity index (χ2n) is 4.23. The molecule has 0 unspecified atom stereocenters. The van der Waals surface area contributed by atoms with Crippen molar-refractivity contribution in [2.24, 2.45) is 0 Å². The van der Waals surface area contributed by atoms with Gasteiger partial charge in [0.25, 0.3) is 0 Å². The first-order valence-corrected chi connectivity index (χ1v) is 5.85. The molecule has 0 spiro atoms. The summed E-state index contributed by atoms with van der Waals surface area (Å²) in [7, 11) is 0. The Labute approximate surface area is 110 Å². The first-order valence-electron chi connectivity index (χ1n) is 5.85. The predicted molar refractivity (Wildman–Crippen MR) is 69.8 cm³/mol. The van der Waals surface area contributed by atoms with Crippen LogP contribution in [-0.2, 0) is 13.1 Å². The van der Waals surface area contributed by atoms with Gasteiger partial charge in [0.2, 0.25) is 0 Å². The highest BCUT2D eigenvalue weighted by atomic mass is 19.1. The number of nitrogens with one attached hydrogen (secondary N) is 1. The summed E-state index contributed by atoms with van der Waals surface area (Å²) in [6.07, 6.45) is 0. The molecule has 2 rings (SSSR count). The maximum absolute atomic E-state index is 13.2. The molecule has 2 aromatic carbocycles. The highest BCUT2D eigenvalue weighted by Gasteiger charge is 2.00. The summed E-state index contributed by atoms with van der Waals surface area (Å²) in [5.74, 6) is -0.173. The monoisotopic (exact) mass is 256 g/mol. The Hall–Kier alpha value is -2.38. The molecule has 2 aromatic rings.